The van der Waals surface area contributed by atoms with Gasteiger partial charge in [-0.25, -0.2) is 0 Å². The summed E-state index contributed by atoms with van der Waals surface area (Å²) in [6.07, 6.45) is 0. The number of hydrogen-bond acceptors (Lipinski definition) is 3. The van der Waals surface area contributed by atoms with E-state index in [-0.39, 0.29) is 5.91 Å². The number of nitrogens with one attached hydrogen (secondary N) is 1. The van der Waals surface area contributed by atoms with Gasteiger partial charge >= 0.3 is 0 Å². The van der Waals surface area contributed by atoms with Crippen LogP contribution in [0.1, 0.15) is 19.6 Å². The molecule has 0 fully saturated rings. The molecule has 0 aliphatic heterocycles. The lowest BCUT2D eigenvalue weighted by atomic mass is 10.1. The number of halogens is 1. The van der Waals surface area contributed by atoms with Gasteiger partial charge in [-0.2, -0.15) is 0 Å². The Kier molecular flexibility index (Phi) is 3.54. The van der Waals surface area contributed by atoms with Crippen molar-refractivity contribution >= 4 is 28.5 Å². The number of carbonyl (C=O) groups is 1. The Bertz CT molecular complexity index is 333. The Balaban J connectivity index is 2.52. The minimum atomic E-state index is -0.710. The van der Waals surface area contributed by atoms with Crippen LogP contribution in [0.25, 0.3) is 0 Å². The molecule has 0 radical (unpaired) electrons. The third-order valence-corrected chi connectivity index (χ3v) is 2.53. The van der Waals surface area contributed by atoms with Crippen molar-refractivity contribution in [1.82, 2.24) is 5.32 Å². The number of furan rings is 1. The zero-order valence-electron chi connectivity index (χ0n) is 8.13. The molecule has 0 atom stereocenters. The lowest BCUT2D eigenvalue weighted by molar-refractivity contribution is -0.123. The van der Waals surface area contributed by atoms with Crippen molar-refractivity contribution in [2.45, 2.75) is 25.9 Å². The molecule has 0 spiro atoms. The quantitative estimate of drug-likeness (QED) is 0.822. The number of nitrogens with two attached hydrogens (primary N) is 1. The van der Waals surface area contributed by atoms with Gasteiger partial charge in [0.15, 0.2) is 3.77 Å². The van der Waals surface area contributed by atoms with Crippen LogP contribution in [0.4, 0.5) is 0 Å². The maximum absolute atomic E-state index is 11.0. The fourth-order valence-corrected chi connectivity index (χ4v) is 1.30. The topological polar surface area (TPSA) is 68.3 Å². The maximum atomic E-state index is 11.0. The second-order valence-electron chi connectivity index (χ2n) is 3.55. The average Bonchev–Trinajstić information content (AvgIpc) is 2.48. The van der Waals surface area contributed by atoms with Crippen molar-refractivity contribution in [2.24, 2.45) is 5.73 Å². The molecule has 5 heteroatoms. The molecule has 0 unspecified atom stereocenters. The Morgan fingerprint density at radius 1 is 1.64 bits per heavy atom. The van der Waals surface area contributed by atoms with Crippen molar-refractivity contribution < 1.29 is 9.21 Å². The molecule has 1 rings (SSSR count). The molecule has 3 N–H and O–H groups in total. The first-order chi connectivity index (χ1) is 6.42. The first-order valence-electron chi connectivity index (χ1n) is 4.21. The summed E-state index contributed by atoms with van der Waals surface area (Å²) in [7, 11) is 0. The van der Waals surface area contributed by atoms with E-state index in [0.717, 1.165) is 9.53 Å². The van der Waals surface area contributed by atoms with Crippen molar-refractivity contribution in [2.75, 3.05) is 0 Å². The SMILES string of the molecule is CC(C)(NCc1ccc(I)o1)C(N)=O. The summed E-state index contributed by atoms with van der Waals surface area (Å²) in [5.74, 6) is 0.419. The largest absolute Gasteiger partial charge is 0.454 e. The van der Waals surface area contributed by atoms with Gasteiger partial charge in [0, 0.05) is 0 Å². The Hall–Kier alpha value is -0.560. The highest BCUT2D eigenvalue weighted by Crippen LogP contribution is 2.11. The molecule has 4 nitrogen and oxygen atoms in total. The third kappa shape index (κ3) is 2.98. The fourth-order valence-electron chi connectivity index (χ4n) is 0.842. The molecule has 1 aromatic rings. The van der Waals surface area contributed by atoms with Crippen LogP contribution in [0, 0.1) is 3.77 Å². The van der Waals surface area contributed by atoms with Crippen molar-refractivity contribution in [3.05, 3.63) is 21.7 Å². The summed E-state index contributed by atoms with van der Waals surface area (Å²) in [5.41, 5.74) is 4.50. The average molecular weight is 308 g/mol. The van der Waals surface area contributed by atoms with Crippen LogP contribution in [-0.4, -0.2) is 11.4 Å². The molecule has 14 heavy (non-hydrogen) atoms. The summed E-state index contributed by atoms with van der Waals surface area (Å²) < 4.78 is 6.16. The zero-order valence-corrected chi connectivity index (χ0v) is 10.3. The Labute approximate surface area is 96.4 Å². The monoisotopic (exact) mass is 308 g/mol. The number of rotatable bonds is 4. The van der Waals surface area contributed by atoms with Crippen LogP contribution in [-0.2, 0) is 11.3 Å². The van der Waals surface area contributed by atoms with E-state index in [1.807, 2.05) is 12.1 Å². The van der Waals surface area contributed by atoms with Crippen LogP contribution in [0.3, 0.4) is 0 Å². The van der Waals surface area contributed by atoms with E-state index in [1.54, 1.807) is 13.8 Å². The maximum Gasteiger partial charge on any atom is 0.237 e. The second-order valence-corrected chi connectivity index (χ2v) is 4.61. The molecule has 78 valence electrons. The van der Waals surface area contributed by atoms with Crippen LogP contribution in [0.5, 0.6) is 0 Å². The number of hydrogen-bond donors (Lipinski definition) is 2. The summed E-state index contributed by atoms with van der Waals surface area (Å²) in [5, 5.41) is 3.02. The molecular formula is C9H13IN2O2. The number of carbonyl (C=O) groups excluding carboxylic acids is 1. The van der Waals surface area contributed by atoms with E-state index in [4.69, 9.17) is 10.2 Å². The molecule has 0 aromatic carbocycles. The van der Waals surface area contributed by atoms with E-state index < -0.39 is 5.54 Å². The fraction of sp³-hybridized carbons (Fsp3) is 0.444. The molecule has 0 aliphatic carbocycles. The highest BCUT2D eigenvalue weighted by molar-refractivity contribution is 14.1. The van der Waals surface area contributed by atoms with Crippen molar-refractivity contribution in [3.8, 4) is 0 Å². The summed E-state index contributed by atoms with van der Waals surface area (Å²) in [6.45, 7) is 3.98. The third-order valence-electron chi connectivity index (χ3n) is 1.95. The Morgan fingerprint density at radius 2 is 2.29 bits per heavy atom. The molecule has 1 aromatic heterocycles. The molecule has 1 amide bonds. The lowest BCUT2D eigenvalue weighted by Gasteiger charge is -2.21. The summed E-state index contributed by atoms with van der Waals surface area (Å²) >= 11 is 2.09. The first-order valence-corrected chi connectivity index (χ1v) is 5.29. The molecule has 0 saturated heterocycles. The van der Waals surface area contributed by atoms with Crippen LogP contribution in [0.15, 0.2) is 16.5 Å². The van der Waals surface area contributed by atoms with Gasteiger partial charge in [0.2, 0.25) is 5.91 Å². The van der Waals surface area contributed by atoms with Gasteiger partial charge in [0.05, 0.1) is 12.1 Å². The van der Waals surface area contributed by atoms with Gasteiger partial charge in [-0.3, -0.25) is 10.1 Å². The molecule has 1 heterocycles. The predicted molar refractivity (Wildman–Crippen MR) is 61.5 cm³/mol. The second kappa shape index (κ2) is 4.31. The van der Waals surface area contributed by atoms with E-state index >= 15 is 0 Å². The van der Waals surface area contributed by atoms with Gasteiger partial charge in [0.1, 0.15) is 5.76 Å². The van der Waals surface area contributed by atoms with Crippen molar-refractivity contribution in [1.29, 1.82) is 0 Å². The summed E-state index contributed by atoms with van der Waals surface area (Å²) in [6, 6.07) is 3.74. The van der Waals surface area contributed by atoms with E-state index in [9.17, 15) is 4.79 Å². The molecule has 0 saturated carbocycles. The normalized spacial score (nSPS) is 11.6. The zero-order chi connectivity index (χ0) is 10.8. The molecular weight excluding hydrogens is 295 g/mol. The smallest absolute Gasteiger partial charge is 0.237 e. The van der Waals surface area contributed by atoms with Gasteiger partial charge < -0.3 is 10.2 Å². The predicted octanol–water partition coefficient (Wildman–Crippen LogP) is 1.24. The molecule has 0 bridgehead atoms. The van der Waals surface area contributed by atoms with Crippen molar-refractivity contribution in [3.63, 3.8) is 0 Å². The standard InChI is InChI=1S/C9H13IN2O2/c1-9(2,8(11)13)12-5-6-3-4-7(10)14-6/h3-4,12H,5H2,1-2H3,(H2,11,13). The summed E-state index contributed by atoms with van der Waals surface area (Å²) in [4.78, 5) is 11.0. The van der Waals surface area contributed by atoms with Gasteiger partial charge in [-0.05, 0) is 48.6 Å². The van der Waals surface area contributed by atoms with Gasteiger partial charge in [-0.1, -0.05) is 0 Å². The minimum Gasteiger partial charge on any atom is -0.454 e. The van der Waals surface area contributed by atoms with Crippen LogP contribution >= 0.6 is 22.6 Å². The van der Waals surface area contributed by atoms with Crippen LogP contribution < -0.4 is 11.1 Å². The van der Waals surface area contributed by atoms with Crippen LogP contribution in [0.2, 0.25) is 0 Å². The first kappa shape index (κ1) is 11.5. The highest BCUT2D eigenvalue weighted by Gasteiger charge is 2.23. The molecule has 0 aliphatic rings. The van der Waals surface area contributed by atoms with E-state index in [1.165, 1.54) is 0 Å². The van der Waals surface area contributed by atoms with Gasteiger partial charge in [0.25, 0.3) is 0 Å². The lowest BCUT2D eigenvalue weighted by Crippen LogP contribution is -2.50. The van der Waals surface area contributed by atoms with Gasteiger partial charge in [-0.15, -0.1) is 0 Å². The number of primary amides is 1. The van der Waals surface area contributed by atoms with E-state index in [0.29, 0.717) is 6.54 Å². The highest BCUT2D eigenvalue weighted by atomic mass is 127. The number of amides is 1. The van der Waals surface area contributed by atoms with E-state index in [2.05, 4.69) is 27.9 Å². The minimum absolute atomic E-state index is 0.376. The Morgan fingerprint density at radius 3 is 2.71 bits per heavy atom.